The molecular weight excluding hydrogens is 458 g/mol. The van der Waals surface area contributed by atoms with Crippen LogP contribution < -0.4 is 5.32 Å². The molecule has 4 heterocycles. The molecule has 2 amide bonds. The number of halogens is 1. The van der Waals surface area contributed by atoms with E-state index >= 15 is 0 Å². The number of hydrogen-bond donors (Lipinski definition) is 1. The summed E-state index contributed by atoms with van der Waals surface area (Å²) in [6, 6.07) is 9.18. The number of benzene rings is 1. The van der Waals surface area contributed by atoms with Gasteiger partial charge in [-0.25, -0.2) is 0 Å². The molecule has 0 bridgehead atoms. The van der Waals surface area contributed by atoms with E-state index < -0.39 is 0 Å². The van der Waals surface area contributed by atoms with Gasteiger partial charge in [0.25, 0.3) is 5.91 Å². The van der Waals surface area contributed by atoms with Crippen LogP contribution in [0.3, 0.4) is 0 Å². The SMILES string of the molecule is O=C(Nc1ccc(Cl)c(-c2nnc3n2CCCCC3)c1)C1CCCN(C(=O)c2cccs2)C1. The Kier molecular flexibility index (Phi) is 6.46. The molecule has 2 aromatic heterocycles. The summed E-state index contributed by atoms with van der Waals surface area (Å²) in [6.07, 6.45) is 5.89. The van der Waals surface area contributed by atoms with Crippen molar-refractivity contribution in [3.05, 3.63) is 51.4 Å². The van der Waals surface area contributed by atoms with Crippen molar-refractivity contribution in [1.29, 1.82) is 0 Å². The van der Waals surface area contributed by atoms with E-state index in [1.165, 1.54) is 17.8 Å². The maximum absolute atomic E-state index is 13.1. The third kappa shape index (κ3) is 4.68. The van der Waals surface area contributed by atoms with Crippen LogP contribution in [-0.4, -0.2) is 44.6 Å². The van der Waals surface area contributed by atoms with Gasteiger partial charge in [-0.1, -0.05) is 24.1 Å². The molecule has 1 saturated heterocycles. The monoisotopic (exact) mass is 483 g/mol. The molecular formula is C24H26ClN5O2S. The summed E-state index contributed by atoms with van der Waals surface area (Å²) in [5, 5.41) is 14.3. The minimum Gasteiger partial charge on any atom is -0.337 e. The standard InChI is InChI=1S/C24H26ClN5O2S/c25-19-10-9-17(14-18(19)22-28-27-21-8-2-1-3-12-30(21)22)26-23(31)16-6-4-11-29(15-16)24(32)20-7-5-13-33-20/h5,7,9-10,13-14,16H,1-4,6,8,11-12,15H2,(H,26,31). The largest absolute Gasteiger partial charge is 0.337 e. The lowest BCUT2D eigenvalue weighted by molar-refractivity contribution is -0.121. The highest BCUT2D eigenvalue weighted by atomic mass is 35.5. The number of piperidine rings is 1. The van der Waals surface area contributed by atoms with Crippen LogP contribution in [0.2, 0.25) is 5.02 Å². The number of hydrogen-bond acceptors (Lipinski definition) is 5. The summed E-state index contributed by atoms with van der Waals surface area (Å²) >= 11 is 7.95. The molecule has 2 aliphatic heterocycles. The van der Waals surface area contributed by atoms with Gasteiger partial charge in [0.05, 0.1) is 15.8 Å². The fourth-order valence-electron chi connectivity index (χ4n) is 4.63. The normalized spacial score (nSPS) is 18.5. The van der Waals surface area contributed by atoms with Crippen molar-refractivity contribution in [3.63, 3.8) is 0 Å². The quantitative estimate of drug-likeness (QED) is 0.573. The van der Waals surface area contributed by atoms with Crippen molar-refractivity contribution in [1.82, 2.24) is 19.7 Å². The van der Waals surface area contributed by atoms with Gasteiger partial charge in [-0.3, -0.25) is 9.59 Å². The number of thiophene rings is 1. The summed E-state index contributed by atoms with van der Waals surface area (Å²) in [7, 11) is 0. The Morgan fingerprint density at radius 2 is 2.00 bits per heavy atom. The Morgan fingerprint density at radius 1 is 1.09 bits per heavy atom. The minimum atomic E-state index is -0.244. The van der Waals surface area contributed by atoms with Crippen LogP contribution in [0.5, 0.6) is 0 Å². The van der Waals surface area contributed by atoms with Gasteiger partial charge < -0.3 is 14.8 Å². The predicted octanol–water partition coefficient (Wildman–Crippen LogP) is 4.88. The fourth-order valence-corrected chi connectivity index (χ4v) is 5.53. The van der Waals surface area contributed by atoms with Gasteiger partial charge in [-0.15, -0.1) is 21.5 Å². The van der Waals surface area contributed by atoms with Gasteiger partial charge in [0, 0.05) is 37.3 Å². The highest BCUT2D eigenvalue weighted by molar-refractivity contribution is 7.12. The molecule has 0 radical (unpaired) electrons. The van der Waals surface area contributed by atoms with Crippen LogP contribution in [0.1, 0.15) is 47.6 Å². The Morgan fingerprint density at radius 3 is 2.85 bits per heavy atom. The van der Waals surface area contributed by atoms with E-state index in [9.17, 15) is 9.59 Å². The van der Waals surface area contributed by atoms with E-state index in [0.717, 1.165) is 55.9 Å². The number of nitrogens with zero attached hydrogens (tertiary/aromatic N) is 4. The molecule has 1 N–H and O–H groups in total. The maximum Gasteiger partial charge on any atom is 0.263 e. The molecule has 1 aromatic carbocycles. The van der Waals surface area contributed by atoms with E-state index in [1.54, 1.807) is 17.0 Å². The smallest absolute Gasteiger partial charge is 0.263 e. The highest BCUT2D eigenvalue weighted by Gasteiger charge is 2.29. The molecule has 3 aromatic rings. The Bertz CT molecular complexity index is 1160. The molecule has 0 aliphatic carbocycles. The van der Waals surface area contributed by atoms with E-state index in [2.05, 4.69) is 20.1 Å². The van der Waals surface area contributed by atoms with Crippen molar-refractivity contribution in [2.75, 3.05) is 18.4 Å². The molecule has 1 unspecified atom stereocenters. The van der Waals surface area contributed by atoms with Crippen LogP contribution in [0.25, 0.3) is 11.4 Å². The summed E-state index contributed by atoms with van der Waals surface area (Å²) in [4.78, 5) is 28.3. The second kappa shape index (κ2) is 9.65. The van der Waals surface area contributed by atoms with Crippen molar-refractivity contribution in [3.8, 4) is 11.4 Å². The topological polar surface area (TPSA) is 80.1 Å². The average Bonchev–Trinajstić information content (AvgIpc) is 3.45. The first-order valence-electron chi connectivity index (χ1n) is 11.5. The average molecular weight is 484 g/mol. The number of aryl methyl sites for hydroxylation is 1. The van der Waals surface area contributed by atoms with E-state index in [4.69, 9.17) is 11.6 Å². The molecule has 33 heavy (non-hydrogen) atoms. The maximum atomic E-state index is 13.1. The van der Waals surface area contributed by atoms with Crippen LogP contribution >= 0.6 is 22.9 Å². The molecule has 1 fully saturated rings. The molecule has 1 atom stereocenters. The molecule has 2 aliphatic rings. The van der Waals surface area contributed by atoms with Crippen molar-refractivity contribution in [2.24, 2.45) is 5.92 Å². The second-order valence-electron chi connectivity index (χ2n) is 8.65. The van der Waals surface area contributed by atoms with Crippen molar-refractivity contribution < 1.29 is 9.59 Å². The third-order valence-corrected chi connectivity index (χ3v) is 7.58. The number of fused-ring (bicyclic) bond motifs is 1. The van der Waals surface area contributed by atoms with Gasteiger partial charge in [0.15, 0.2) is 5.82 Å². The summed E-state index contributed by atoms with van der Waals surface area (Å²) in [5.41, 5.74) is 1.44. The predicted molar refractivity (Wildman–Crippen MR) is 130 cm³/mol. The number of likely N-dealkylation sites (tertiary alicyclic amines) is 1. The lowest BCUT2D eigenvalue weighted by atomic mass is 9.96. The molecule has 5 rings (SSSR count). The van der Waals surface area contributed by atoms with Crippen molar-refractivity contribution >= 4 is 40.4 Å². The first-order valence-corrected chi connectivity index (χ1v) is 12.7. The van der Waals surface area contributed by atoms with Crippen LogP contribution in [-0.2, 0) is 17.8 Å². The van der Waals surface area contributed by atoms with E-state index in [-0.39, 0.29) is 17.7 Å². The molecule has 172 valence electrons. The number of rotatable bonds is 4. The third-order valence-electron chi connectivity index (χ3n) is 6.40. The Labute approximate surface area is 201 Å². The molecule has 7 nitrogen and oxygen atoms in total. The Balaban J connectivity index is 1.31. The highest BCUT2D eigenvalue weighted by Crippen LogP contribution is 2.32. The van der Waals surface area contributed by atoms with Gasteiger partial charge in [-0.2, -0.15) is 0 Å². The first-order chi connectivity index (χ1) is 16.1. The lowest BCUT2D eigenvalue weighted by Gasteiger charge is -2.31. The minimum absolute atomic E-state index is 0.00350. The van der Waals surface area contributed by atoms with Gasteiger partial charge in [0.2, 0.25) is 5.91 Å². The van der Waals surface area contributed by atoms with Gasteiger partial charge >= 0.3 is 0 Å². The van der Waals surface area contributed by atoms with E-state index in [0.29, 0.717) is 28.7 Å². The van der Waals surface area contributed by atoms with Crippen LogP contribution in [0.15, 0.2) is 35.7 Å². The molecule has 9 heteroatoms. The van der Waals surface area contributed by atoms with Crippen LogP contribution in [0, 0.1) is 5.92 Å². The number of carbonyl (C=O) groups excluding carboxylic acids is 2. The lowest BCUT2D eigenvalue weighted by Crippen LogP contribution is -2.43. The number of amides is 2. The zero-order valence-corrected chi connectivity index (χ0v) is 19.9. The van der Waals surface area contributed by atoms with E-state index in [1.807, 2.05) is 23.6 Å². The fraction of sp³-hybridized carbons (Fsp3) is 0.417. The van der Waals surface area contributed by atoms with Crippen molar-refractivity contribution in [2.45, 2.75) is 45.1 Å². The second-order valence-corrected chi connectivity index (χ2v) is 10.0. The molecule has 0 saturated carbocycles. The van der Waals surface area contributed by atoms with Gasteiger partial charge in [0.1, 0.15) is 5.82 Å². The summed E-state index contributed by atoms with van der Waals surface area (Å²) in [6.45, 7) is 1.99. The zero-order valence-electron chi connectivity index (χ0n) is 18.3. The zero-order chi connectivity index (χ0) is 22.8. The Hall–Kier alpha value is -2.71. The summed E-state index contributed by atoms with van der Waals surface area (Å²) in [5.74, 6) is 1.42. The molecule has 0 spiro atoms. The first kappa shape index (κ1) is 22.1. The number of aromatic nitrogens is 3. The number of nitrogens with one attached hydrogen (secondary N) is 1. The van der Waals surface area contributed by atoms with Gasteiger partial charge in [-0.05, 0) is 55.3 Å². The van der Waals surface area contributed by atoms with Crippen LogP contribution in [0.4, 0.5) is 5.69 Å². The number of anilines is 1. The summed E-state index contributed by atoms with van der Waals surface area (Å²) < 4.78 is 2.15. The number of carbonyl (C=O) groups is 2.